The first kappa shape index (κ1) is 18.1. The van der Waals surface area contributed by atoms with Crippen molar-refractivity contribution in [3.05, 3.63) is 28.4 Å². The van der Waals surface area contributed by atoms with Crippen LogP contribution in [0.3, 0.4) is 0 Å². The van der Waals surface area contributed by atoms with E-state index >= 15 is 0 Å². The third kappa shape index (κ3) is 5.76. The molecule has 0 radical (unpaired) electrons. The maximum absolute atomic E-state index is 10.5. The van der Waals surface area contributed by atoms with E-state index in [0.717, 1.165) is 23.7 Å². The minimum absolute atomic E-state index is 0.111. The van der Waals surface area contributed by atoms with Crippen molar-refractivity contribution < 1.29 is 9.35 Å². The van der Waals surface area contributed by atoms with Crippen LogP contribution in [0.1, 0.15) is 27.2 Å². The molecule has 7 heteroatoms. The fraction of sp³-hybridized carbons (Fsp3) is 0.643. The number of thioether (sulfide) groups is 1. The monoisotopic (exact) mass is 328 g/mol. The van der Waals surface area contributed by atoms with E-state index in [-0.39, 0.29) is 10.9 Å². The molecule has 0 aliphatic heterocycles. The minimum Gasteiger partial charge on any atom is -0.417 e. The van der Waals surface area contributed by atoms with E-state index in [4.69, 9.17) is 4.43 Å². The number of rotatable bonds is 7. The predicted octanol–water partition coefficient (Wildman–Crippen LogP) is 4.49. The molecule has 0 N–H and O–H groups in total. The highest BCUT2D eigenvalue weighted by atomic mass is 32.2. The van der Waals surface area contributed by atoms with Gasteiger partial charge in [-0.25, -0.2) is 0 Å². The van der Waals surface area contributed by atoms with Crippen molar-refractivity contribution in [3.63, 3.8) is 0 Å². The Morgan fingerprint density at radius 3 is 2.52 bits per heavy atom. The summed E-state index contributed by atoms with van der Waals surface area (Å²) in [6.07, 6.45) is 2.52. The Morgan fingerprint density at radius 1 is 1.38 bits per heavy atom. The molecule has 0 aliphatic carbocycles. The molecule has 0 aromatic carbocycles. The van der Waals surface area contributed by atoms with Crippen molar-refractivity contribution in [2.24, 2.45) is 0 Å². The Kier molecular flexibility index (Phi) is 6.36. The molecule has 0 fully saturated rings. The maximum Gasteiger partial charge on any atom is 0.363 e. The van der Waals surface area contributed by atoms with E-state index < -0.39 is 13.2 Å². The number of pyridine rings is 1. The van der Waals surface area contributed by atoms with E-state index in [1.807, 2.05) is 0 Å². The Labute approximate surface area is 131 Å². The molecule has 0 spiro atoms. The third-order valence-corrected chi connectivity index (χ3v) is 9.34. The minimum atomic E-state index is -1.65. The number of nitrogens with zero attached hydrogens (tertiary/aromatic N) is 2. The van der Waals surface area contributed by atoms with Crippen LogP contribution in [0, 0.1) is 10.1 Å². The van der Waals surface area contributed by atoms with Gasteiger partial charge in [-0.05, 0) is 40.5 Å². The second-order valence-corrected chi connectivity index (χ2v) is 12.4. The molecule has 1 aromatic rings. The van der Waals surface area contributed by atoms with Crippen LogP contribution in [0.5, 0.6) is 0 Å². The second kappa shape index (κ2) is 7.37. The SMILES string of the molecule is CC(C)(C)[Si](C)(C)OCCCSc1ccc([N+](=O)[O-])nc1. The lowest BCUT2D eigenvalue weighted by Gasteiger charge is -2.36. The summed E-state index contributed by atoms with van der Waals surface area (Å²) in [5.41, 5.74) is 0. The summed E-state index contributed by atoms with van der Waals surface area (Å²) in [5.74, 6) is 0.814. The normalized spacial score (nSPS) is 12.4. The summed E-state index contributed by atoms with van der Waals surface area (Å²) in [6.45, 7) is 12.0. The van der Waals surface area contributed by atoms with Gasteiger partial charge in [0.2, 0.25) is 0 Å². The molecule has 1 aromatic heterocycles. The Morgan fingerprint density at radius 2 is 2.05 bits per heavy atom. The maximum atomic E-state index is 10.5. The quantitative estimate of drug-likeness (QED) is 0.242. The van der Waals surface area contributed by atoms with Gasteiger partial charge in [0.15, 0.2) is 14.5 Å². The van der Waals surface area contributed by atoms with Crippen LogP contribution in [0.2, 0.25) is 18.1 Å². The van der Waals surface area contributed by atoms with E-state index in [9.17, 15) is 10.1 Å². The van der Waals surface area contributed by atoms with E-state index in [0.29, 0.717) is 0 Å². The van der Waals surface area contributed by atoms with Gasteiger partial charge in [-0.1, -0.05) is 20.8 Å². The highest BCUT2D eigenvalue weighted by Crippen LogP contribution is 2.36. The molecule has 0 unspecified atom stereocenters. The summed E-state index contributed by atoms with van der Waals surface area (Å²) >= 11 is 1.65. The molecule has 1 heterocycles. The third-order valence-electron chi connectivity index (χ3n) is 3.73. The fourth-order valence-electron chi connectivity index (χ4n) is 1.36. The highest BCUT2D eigenvalue weighted by molar-refractivity contribution is 7.99. The van der Waals surface area contributed by atoms with Crippen LogP contribution >= 0.6 is 11.8 Å². The van der Waals surface area contributed by atoms with Crippen molar-refractivity contribution >= 4 is 25.9 Å². The van der Waals surface area contributed by atoms with E-state index in [2.05, 4.69) is 38.8 Å². The average Bonchev–Trinajstić information content (AvgIpc) is 2.37. The molecule has 118 valence electrons. The molecular weight excluding hydrogens is 304 g/mol. The Balaban J connectivity index is 2.30. The molecule has 0 amide bonds. The zero-order chi connectivity index (χ0) is 16.1. The van der Waals surface area contributed by atoms with Gasteiger partial charge in [0.05, 0.1) is 4.90 Å². The van der Waals surface area contributed by atoms with E-state index in [1.165, 1.54) is 6.07 Å². The molecule has 1 rings (SSSR count). The zero-order valence-electron chi connectivity index (χ0n) is 13.4. The van der Waals surface area contributed by atoms with Gasteiger partial charge >= 0.3 is 5.82 Å². The first-order valence-electron chi connectivity index (χ1n) is 7.01. The van der Waals surface area contributed by atoms with E-state index in [1.54, 1.807) is 24.0 Å². The van der Waals surface area contributed by atoms with Gasteiger partial charge in [0, 0.05) is 18.4 Å². The highest BCUT2D eigenvalue weighted by Gasteiger charge is 2.36. The van der Waals surface area contributed by atoms with Crippen LogP contribution in [-0.4, -0.2) is 30.6 Å². The smallest absolute Gasteiger partial charge is 0.363 e. The molecule has 0 aliphatic rings. The lowest BCUT2D eigenvalue weighted by atomic mass is 10.2. The van der Waals surface area contributed by atoms with Crippen LogP contribution in [-0.2, 0) is 4.43 Å². The topological polar surface area (TPSA) is 65.3 Å². The average molecular weight is 329 g/mol. The molecule has 21 heavy (non-hydrogen) atoms. The predicted molar refractivity (Wildman–Crippen MR) is 89.4 cm³/mol. The zero-order valence-corrected chi connectivity index (χ0v) is 15.2. The van der Waals surface area contributed by atoms with Crippen LogP contribution in [0.25, 0.3) is 0 Å². The first-order chi connectivity index (χ1) is 9.63. The lowest BCUT2D eigenvalue weighted by molar-refractivity contribution is -0.389. The van der Waals surface area contributed by atoms with Gasteiger partial charge in [0.1, 0.15) is 0 Å². The van der Waals surface area contributed by atoms with Gasteiger partial charge in [-0.3, -0.25) is 0 Å². The van der Waals surface area contributed by atoms with Crippen molar-refractivity contribution in [2.75, 3.05) is 12.4 Å². The van der Waals surface area contributed by atoms with Crippen LogP contribution in [0.15, 0.2) is 23.2 Å². The fourth-order valence-corrected chi connectivity index (χ4v) is 3.24. The number of aromatic nitrogens is 1. The molecule has 0 saturated carbocycles. The number of nitro groups is 1. The van der Waals surface area contributed by atoms with Gasteiger partial charge in [-0.2, -0.15) is 0 Å². The largest absolute Gasteiger partial charge is 0.417 e. The molecule has 0 saturated heterocycles. The Hall–Kier alpha value is -0.923. The van der Waals surface area contributed by atoms with Gasteiger partial charge in [0.25, 0.3) is 0 Å². The molecular formula is C14H24N2O3SSi. The standard InChI is InChI=1S/C14H24N2O3SSi/c1-14(2,3)21(4,5)19-9-6-10-20-12-7-8-13(15-11-12)16(17)18/h7-8,11H,6,9-10H2,1-5H3. The number of hydrogen-bond donors (Lipinski definition) is 0. The van der Waals surface area contributed by atoms with Crippen LogP contribution < -0.4 is 0 Å². The van der Waals surface area contributed by atoms with Crippen molar-refractivity contribution in [1.82, 2.24) is 4.98 Å². The molecule has 0 bridgehead atoms. The summed E-state index contributed by atoms with van der Waals surface area (Å²) < 4.78 is 6.10. The van der Waals surface area contributed by atoms with Gasteiger partial charge < -0.3 is 14.5 Å². The Bertz CT molecular complexity index is 472. The summed E-state index contributed by atoms with van der Waals surface area (Å²) in [4.78, 5) is 14.8. The number of hydrogen-bond acceptors (Lipinski definition) is 5. The first-order valence-corrected chi connectivity index (χ1v) is 10.9. The second-order valence-electron chi connectivity index (χ2n) is 6.42. The summed E-state index contributed by atoms with van der Waals surface area (Å²) in [7, 11) is -1.65. The van der Waals surface area contributed by atoms with Crippen LogP contribution in [0.4, 0.5) is 5.82 Å². The van der Waals surface area contributed by atoms with Crippen molar-refractivity contribution in [1.29, 1.82) is 0 Å². The molecule has 5 nitrogen and oxygen atoms in total. The van der Waals surface area contributed by atoms with Crippen molar-refractivity contribution in [3.8, 4) is 0 Å². The van der Waals surface area contributed by atoms with Crippen molar-refractivity contribution in [2.45, 2.75) is 50.2 Å². The lowest BCUT2D eigenvalue weighted by Crippen LogP contribution is -2.41. The van der Waals surface area contributed by atoms with Gasteiger partial charge in [-0.15, -0.1) is 11.8 Å². The summed E-state index contributed by atoms with van der Waals surface area (Å²) in [6, 6.07) is 3.18. The molecule has 0 atom stereocenters. The summed E-state index contributed by atoms with van der Waals surface area (Å²) in [5, 5.41) is 10.7.